The Kier molecular flexibility index (Phi) is 13.1. The maximum atomic E-state index is 5.93. The summed E-state index contributed by atoms with van der Waals surface area (Å²) in [5.41, 5.74) is 0. The molecular weight excluding hydrogens is 372 g/mol. The lowest BCUT2D eigenvalue weighted by Crippen LogP contribution is -2.56. The Morgan fingerprint density at radius 1 is 0.690 bits per heavy atom. The monoisotopic (exact) mass is 398 g/mol. The second-order valence-corrected chi connectivity index (χ2v) is 6.04. The van der Waals surface area contributed by atoms with E-state index in [1.165, 1.54) is 0 Å². The average molecular weight is 398 g/mol. The van der Waals surface area contributed by atoms with E-state index >= 15 is 0 Å². The zero-order chi connectivity index (χ0) is 21.3. The molecule has 0 aromatic heterocycles. The summed E-state index contributed by atoms with van der Waals surface area (Å²) in [5.74, 6) is 11.8. The van der Waals surface area contributed by atoms with Gasteiger partial charge in [0.1, 0.15) is 39.1 Å². The molecule has 1 fully saturated rings. The van der Waals surface area contributed by atoms with Gasteiger partial charge in [0.15, 0.2) is 6.29 Å². The van der Waals surface area contributed by atoms with Crippen molar-refractivity contribution < 1.29 is 28.4 Å². The van der Waals surface area contributed by atoms with Crippen LogP contribution in [0.15, 0.2) is 0 Å². The molecule has 2 unspecified atom stereocenters. The fourth-order valence-corrected chi connectivity index (χ4v) is 2.99. The Labute approximate surface area is 173 Å². The van der Waals surface area contributed by atoms with Gasteiger partial charge in [0.05, 0.1) is 25.9 Å². The molecule has 0 radical (unpaired) electrons. The minimum Gasteiger partial charge on any atom is -0.368 e. The van der Waals surface area contributed by atoms with E-state index in [9.17, 15) is 0 Å². The van der Waals surface area contributed by atoms with E-state index in [1.54, 1.807) is 0 Å². The van der Waals surface area contributed by atoms with Crippen molar-refractivity contribution in [1.29, 1.82) is 0 Å². The Bertz CT molecular complexity index is 648. The smallest absolute Gasteiger partial charge is 0.187 e. The Morgan fingerprint density at radius 3 is 1.69 bits per heavy atom. The molecule has 0 aromatic carbocycles. The van der Waals surface area contributed by atoms with E-state index in [-0.39, 0.29) is 51.5 Å². The number of ether oxygens (including phenoxy) is 6. The van der Waals surface area contributed by atoms with Crippen LogP contribution in [-0.2, 0) is 28.4 Å². The van der Waals surface area contributed by atoms with Gasteiger partial charge < -0.3 is 28.4 Å². The molecule has 1 saturated heterocycles. The lowest BCUT2D eigenvalue weighted by Gasteiger charge is -2.44. The maximum Gasteiger partial charge on any atom is 0.187 e. The van der Waals surface area contributed by atoms with E-state index in [4.69, 9.17) is 60.5 Å². The first kappa shape index (κ1) is 24.6. The molecule has 0 aliphatic carbocycles. The van der Waals surface area contributed by atoms with Gasteiger partial charge in [0.2, 0.25) is 0 Å². The van der Waals surface area contributed by atoms with Gasteiger partial charge in [-0.1, -0.05) is 29.6 Å². The topological polar surface area (TPSA) is 55.4 Å². The quantitative estimate of drug-likeness (QED) is 0.334. The fourth-order valence-electron chi connectivity index (χ4n) is 2.99. The molecule has 1 aliphatic heterocycles. The van der Waals surface area contributed by atoms with Crippen molar-refractivity contribution in [2.45, 2.75) is 18.5 Å². The molecule has 0 spiro atoms. The van der Waals surface area contributed by atoms with E-state index < -0.39 is 18.5 Å². The molecule has 1 rings (SSSR count). The fraction of sp³-hybridized carbons (Fsp3) is 0.565. The van der Waals surface area contributed by atoms with Crippen LogP contribution in [-0.4, -0.2) is 71.4 Å². The van der Waals surface area contributed by atoms with E-state index in [0.29, 0.717) is 13.2 Å². The molecule has 4 atom stereocenters. The van der Waals surface area contributed by atoms with Gasteiger partial charge >= 0.3 is 0 Å². The first-order chi connectivity index (χ1) is 14.2. The SMILES string of the molecule is C#CCOCC(COCC#C)[C@H]1CO[C@@H](OCC#C)C(OCC#C)C1OCC#C. The molecule has 6 nitrogen and oxygen atoms in total. The van der Waals surface area contributed by atoms with Crippen LogP contribution < -0.4 is 0 Å². The molecule has 0 aromatic rings. The summed E-state index contributed by atoms with van der Waals surface area (Å²) in [6.45, 7) is 1.41. The summed E-state index contributed by atoms with van der Waals surface area (Å²) in [5, 5.41) is 0. The van der Waals surface area contributed by atoms with Crippen molar-refractivity contribution in [3.8, 4) is 61.7 Å². The Morgan fingerprint density at radius 2 is 1.17 bits per heavy atom. The first-order valence-corrected chi connectivity index (χ1v) is 9.02. The third kappa shape index (κ3) is 8.62. The normalized spacial score (nSPS) is 23.3. The van der Waals surface area contributed by atoms with Gasteiger partial charge in [-0.3, -0.25) is 0 Å². The third-order valence-corrected chi connectivity index (χ3v) is 4.16. The predicted octanol–water partition coefficient (Wildman–Crippen LogP) is 0.561. The van der Waals surface area contributed by atoms with Crippen LogP contribution in [0.4, 0.5) is 0 Å². The molecule has 29 heavy (non-hydrogen) atoms. The summed E-state index contributed by atoms with van der Waals surface area (Å²) in [4.78, 5) is 0. The summed E-state index contributed by atoms with van der Waals surface area (Å²) < 4.78 is 34.2. The molecule has 0 amide bonds. The molecule has 1 aliphatic rings. The average Bonchev–Trinajstić information content (AvgIpc) is 2.74. The van der Waals surface area contributed by atoms with Crippen LogP contribution >= 0.6 is 0 Å². The highest BCUT2D eigenvalue weighted by atomic mass is 16.7. The number of hydrogen-bond donors (Lipinski definition) is 0. The van der Waals surface area contributed by atoms with Gasteiger partial charge in [-0.2, -0.15) is 0 Å². The second kappa shape index (κ2) is 15.5. The van der Waals surface area contributed by atoms with Gasteiger partial charge in [-0.25, -0.2) is 0 Å². The number of hydrogen-bond acceptors (Lipinski definition) is 6. The van der Waals surface area contributed by atoms with E-state index in [0.717, 1.165) is 0 Å². The van der Waals surface area contributed by atoms with Gasteiger partial charge in [0, 0.05) is 11.8 Å². The molecule has 6 heteroatoms. The predicted molar refractivity (Wildman–Crippen MR) is 108 cm³/mol. The zero-order valence-corrected chi connectivity index (χ0v) is 16.4. The maximum absolute atomic E-state index is 5.93. The van der Waals surface area contributed by atoms with Crippen molar-refractivity contribution in [2.24, 2.45) is 11.8 Å². The highest BCUT2D eigenvalue weighted by Crippen LogP contribution is 2.32. The van der Waals surface area contributed by atoms with E-state index in [1.807, 2.05) is 0 Å². The summed E-state index contributed by atoms with van der Waals surface area (Å²) in [6, 6.07) is 0. The van der Waals surface area contributed by atoms with Crippen molar-refractivity contribution in [3.63, 3.8) is 0 Å². The van der Waals surface area contributed by atoms with Crippen LogP contribution in [0.2, 0.25) is 0 Å². The molecule has 0 N–H and O–H groups in total. The van der Waals surface area contributed by atoms with Crippen molar-refractivity contribution >= 4 is 0 Å². The molecular formula is C23H26O6. The van der Waals surface area contributed by atoms with Crippen LogP contribution in [0.1, 0.15) is 0 Å². The second-order valence-electron chi connectivity index (χ2n) is 6.04. The van der Waals surface area contributed by atoms with Crippen LogP contribution in [0.5, 0.6) is 0 Å². The standard InChI is InChI=1S/C23H26O6/c1-6-11-24-16-19(17-25-12-7-2)20-18-29-23(28-15-10-5)22(27-14-9-4)21(20)26-13-8-3/h1-5,19-23H,11-18H2/t20-,21?,22?,23-/m1/s1. The summed E-state index contributed by atoms with van der Waals surface area (Å²) >= 11 is 0. The lowest BCUT2D eigenvalue weighted by atomic mass is 9.84. The molecule has 0 saturated carbocycles. The van der Waals surface area contributed by atoms with Crippen molar-refractivity contribution in [3.05, 3.63) is 0 Å². The number of rotatable bonds is 13. The number of terminal acetylenes is 5. The third-order valence-electron chi connectivity index (χ3n) is 4.16. The highest BCUT2D eigenvalue weighted by molar-refractivity contribution is 4.95. The van der Waals surface area contributed by atoms with Crippen molar-refractivity contribution in [2.75, 3.05) is 52.9 Å². The van der Waals surface area contributed by atoms with Crippen LogP contribution in [0.25, 0.3) is 0 Å². The largest absolute Gasteiger partial charge is 0.368 e. The van der Waals surface area contributed by atoms with Crippen molar-refractivity contribution in [1.82, 2.24) is 0 Å². The highest BCUT2D eigenvalue weighted by Gasteiger charge is 2.45. The first-order valence-electron chi connectivity index (χ1n) is 9.02. The van der Waals surface area contributed by atoms with Gasteiger partial charge in [-0.15, -0.1) is 32.1 Å². The Hall–Kier alpha value is -2.44. The minimum atomic E-state index is -0.752. The minimum absolute atomic E-state index is 0.0401. The van der Waals surface area contributed by atoms with Crippen LogP contribution in [0.3, 0.4) is 0 Å². The zero-order valence-electron chi connectivity index (χ0n) is 16.4. The van der Waals surface area contributed by atoms with E-state index in [2.05, 4.69) is 29.6 Å². The van der Waals surface area contributed by atoms with Gasteiger partial charge in [0.25, 0.3) is 0 Å². The summed E-state index contributed by atoms with van der Waals surface area (Å²) in [6.07, 6.45) is 24.7. The molecule has 154 valence electrons. The Balaban J connectivity index is 3.05. The molecule has 0 bridgehead atoms. The molecule has 1 heterocycles. The van der Waals surface area contributed by atoms with Crippen LogP contribution in [0, 0.1) is 73.6 Å². The summed E-state index contributed by atoms with van der Waals surface area (Å²) in [7, 11) is 0. The van der Waals surface area contributed by atoms with Gasteiger partial charge in [-0.05, 0) is 0 Å². The lowest BCUT2D eigenvalue weighted by molar-refractivity contribution is -0.279.